The zero-order valence-electron chi connectivity index (χ0n) is 10.7. The van der Waals surface area contributed by atoms with Crippen LogP contribution in [-0.4, -0.2) is 12.2 Å². The van der Waals surface area contributed by atoms with Crippen molar-refractivity contribution in [2.24, 2.45) is 0 Å². The maximum Gasteiger partial charge on any atom is 0.165 e. The SMILES string of the molecule is COc1ccc(CC(O)c2cc(Cl)ccc2Cl)cc1F. The van der Waals surface area contributed by atoms with E-state index in [2.05, 4.69) is 0 Å². The number of aliphatic hydroxyl groups is 1. The highest BCUT2D eigenvalue weighted by molar-refractivity contribution is 6.33. The number of ether oxygens (including phenoxy) is 1. The summed E-state index contributed by atoms with van der Waals surface area (Å²) in [5.41, 5.74) is 1.17. The van der Waals surface area contributed by atoms with Crippen molar-refractivity contribution < 1.29 is 14.2 Å². The molecule has 2 aromatic carbocycles. The van der Waals surface area contributed by atoms with Crippen LogP contribution in [0.3, 0.4) is 0 Å². The van der Waals surface area contributed by atoms with E-state index in [-0.39, 0.29) is 12.2 Å². The Morgan fingerprint density at radius 3 is 2.60 bits per heavy atom. The normalized spacial score (nSPS) is 12.2. The van der Waals surface area contributed by atoms with Crippen molar-refractivity contribution in [3.05, 3.63) is 63.4 Å². The second-order valence-corrected chi connectivity index (χ2v) is 5.20. The third-order valence-corrected chi connectivity index (χ3v) is 3.54. The summed E-state index contributed by atoms with van der Waals surface area (Å²) in [7, 11) is 1.40. The van der Waals surface area contributed by atoms with E-state index in [0.717, 1.165) is 0 Å². The van der Waals surface area contributed by atoms with Crippen molar-refractivity contribution >= 4 is 23.2 Å². The van der Waals surface area contributed by atoms with Crippen LogP contribution in [0.2, 0.25) is 10.0 Å². The van der Waals surface area contributed by atoms with Crippen molar-refractivity contribution in [3.8, 4) is 5.75 Å². The van der Waals surface area contributed by atoms with Crippen molar-refractivity contribution in [1.82, 2.24) is 0 Å². The molecule has 0 aliphatic heterocycles. The molecule has 0 fully saturated rings. The number of methoxy groups -OCH3 is 1. The van der Waals surface area contributed by atoms with Crippen molar-refractivity contribution in [3.63, 3.8) is 0 Å². The first-order valence-corrected chi connectivity index (χ1v) is 6.72. The summed E-state index contributed by atoms with van der Waals surface area (Å²) < 4.78 is 18.4. The van der Waals surface area contributed by atoms with Gasteiger partial charge in [0.2, 0.25) is 0 Å². The molecule has 0 aliphatic rings. The average Bonchev–Trinajstić information content (AvgIpc) is 2.41. The molecule has 0 spiro atoms. The fourth-order valence-corrected chi connectivity index (χ4v) is 2.36. The molecule has 0 saturated heterocycles. The van der Waals surface area contributed by atoms with Crippen molar-refractivity contribution in [2.75, 3.05) is 7.11 Å². The predicted molar refractivity (Wildman–Crippen MR) is 78.1 cm³/mol. The van der Waals surface area contributed by atoms with Crippen LogP contribution in [0, 0.1) is 5.82 Å². The quantitative estimate of drug-likeness (QED) is 0.905. The van der Waals surface area contributed by atoms with Gasteiger partial charge in [-0.05, 0) is 35.9 Å². The molecule has 20 heavy (non-hydrogen) atoms. The van der Waals surface area contributed by atoms with E-state index >= 15 is 0 Å². The van der Waals surface area contributed by atoms with E-state index in [9.17, 15) is 9.50 Å². The zero-order valence-corrected chi connectivity index (χ0v) is 12.2. The van der Waals surface area contributed by atoms with Crippen molar-refractivity contribution in [2.45, 2.75) is 12.5 Å². The summed E-state index contributed by atoms with van der Waals surface area (Å²) in [6, 6.07) is 9.43. The van der Waals surface area contributed by atoms with Gasteiger partial charge in [0, 0.05) is 22.0 Å². The first-order valence-electron chi connectivity index (χ1n) is 5.96. The summed E-state index contributed by atoms with van der Waals surface area (Å²) in [5.74, 6) is -0.293. The van der Waals surface area contributed by atoms with Crippen molar-refractivity contribution in [1.29, 1.82) is 0 Å². The van der Waals surface area contributed by atoms with E-state index in [4.69, 9.17) is 27.9 Å². The van der Waals surface area contributed by atoms with Crippen LogP contribution in [-0.2, 0) is 6.42 Å². The van der Waals surface area contributed by atoms with Crippen LogP contribution in [0.4, 0.5) is 4.39 Å². The van der Waals surface area contributed by atoms with Crippen LogP contribution in [0.25, 0.3) is 0 Å². The van der Waals surface area contributed by atoms with Crippen LogP contribution in [0.5, 0.6) is 5.75 Å². The van der Waals surface area contributed by atoms with E-state index in [0.29, 0.717) is 21.2 Å². The van der Waals surface area contributed by atoms with Gasteiger partial charge < -0.3 is 9.84 Å². The lowest BCUT2D eigenvalue weighted by Gasteiger charge is -2.14. The standard InChI is InChI=1S/C15H13Cl2FO2/c1-20-15-5-2-9(6-13(15)18)7-14(19)11-8-10(16)3-4-12(11)17/h2-6,8,14,19H,7H2,1H3. The Hall–Kier alpha value is -1.29. The highest BCUT2D eigenvalue weighted by Crippen LogP contribution is 2.29. The Labute approximate surface area is 126 Å². The monoisotopic (exact) mass is 314 g/mol. The number of halogens is 3. The van der Waals surface area contributed by atoms with E-state index in [1.165, 1.54) is 19.2 Å². The summed E-state index contributed by atoms with van der Waals surface area (Å²) in [5, 5.41) is 11.1. The number of aliphatic hydroxyl groups excluding tert-OH is 1. The lowest BCUT2D eigenvalue weighted by molar-refractivity contribution is 0.178. The Kier molecular flexibility index (Phi) is 4.86. The van der Waals surface area contributed by atoms with Gasteiger partial charge in [0.15, 0.2) is 11.6 Å². The third kappa shape index (κ3) is 3.42. The Balaban J connectivity index is 2.21. The van der Waals surface area contributed by atoms with Gasteiger partial charge in [0.25, 0.3) is 0 Å². The smallest absolute Gasteiger partial charge is 0.165 e. The first-order chi connectivity index (χ1) is 9.51. The van der Waals surface area contributed by atoms with Crippen LogP contribution in [0.1, 0.15) is 17.2 Å². The second-order valence-electron chi connectivity index (χ2n) is 4.35. The minimum absolute atomic E-state index is 0.170. The van der Waals surface area contributed by atoms with Crippen LogP contribution in [0.15, 0.2) is 36.4 Å². The van der Waals surface area contributed by atoms with E-state index in [1.54, 1.807) is 24.3 Å². The van der Waals surface area contributed by atoms with Gasteiger partial charge in [-0.25, -0.2) is 4.39 Å². The summed E-state index contributed by atoms with van der Waals surface area (Å²) in [4.78, 5) is 0. The minimum Gasteiger partial charge on any atom is -0.494 e. The minimum atomic E-state index is -0.853. The molecule has 106 valence electrons. The van der Waals surface area contributed by atoms with Crippen LogP contribution >= 0.6 is 23.2 Å². The van der Waals surface area contributed by atoms with Gasteiger partial charge in [-0.15, -0.1) is 0 Å². The molecule has 0 aromatic heterocycles. The molecule has 0 radical (unpaired) electrons. The zero-order chi connectivity index (χ0) is 14.7. The maximum atomic E-state index is 13.6. The van der Waals surface area contributed by atoms with E-state index < -0.39 is 11.9 Å². The van der Waals surface area contributed by atoms with Gasteiger partial charge in [-0.2, -0.15) is 0 Å². The maximum absolute atomic E-state index is 13.6. The van der Waals surface area contributed by atoms with Gasteiger partial charge >= 0.3 is 0 Å². The van der Waals surface area contributed by atoms with E-state index in [1.807, 2.05) is 0 Å². The third-order valence-electron chi connectivity index (χ3n) is 2.96. The highest BCUT2D eigenvalue weighted by Gasteiger charge is 2.14. The number of hydrogen-bond donors (Lipinski definition) is 1. The molecule has 5 heteroatoms. The van der Waals surface area contributed by atoms with Gasteiger partial charge in [0.1, 0.15) is 0 Å². The molecule has 2 nitrogen and oxygen atoms in total. The molecule has 0 bridgehead atoms. The molecule has 0 heterocycles. The Bertz CT molecular complexity index is 617. The number of benzene rings is 2. The topological polar surface area (TPSA) is 29.5 Å². The van der Waals surface area contributed by atoms with Gasteiger partial charge in [0.05, 0.1) is 13.2 Å². The van der Waals surface area contributed by atoms with Crippen LogP contribution < -0.4 is 4.74 Å². The van der Waals surface area contributed by atoms with Gasteiger partial charge in [-0.3, -0.25) is 0 Å². The van der Waals surface area contributed by atoms with Gasteiger partial charge in [-0.1, -0.05) is 29.3 Å². The highest BCUT2D eigenvalue weighted by atomic mass is 35.5. The molecule has 0 aliphatic carbocycles. The molecule has 0 amide bonds. The fourth-order valence-electron chi connectivity index (χ4n) is 1.94. The summed E-state index contributed by atoms with van der Waals surface area (Å²) in [6.45, 7) is 0. The molecule has 0 saturated carbocycles. The molecule has 1 atom stereocenters. The molecule has 2 aromatic rings. The first kappa shape index (κ1) is 15.1. The second kappa shape index (κ2) is 6.44. The summed E-state index contributed by atoms with van der Waals surface area (Å²) >= 11 is 11.9. The molecular weight excluding hydrogens is 302 g/mol. The molecule has 1 N–H and O–H groups in total. The molecular formula is C15H13Cl2FO2. The average molecular weight is 315 g/mol. The largest absolute Gasteiger partial charge is 0.494 e. The number of rotatable bonds is 4. The fraction of sp³-hybridized carbons (Fsp3) is 0.200. The Morgan fingerprint density at radius 1 is 1.20 bits per heavy atom. The lowest BCUT2D eigenvalue weighted by atomic mass is 10.0. The predicted octanol–water partition coefficient (Wildman–Crippen LogP) is 4.42. The summed E-state index contributed by atoms with van der Waals surface area (Å²) in [6.07, 6.45) is -0.616. The molecule has 1 unspecified atom stereocenters. The lowest BCUT2D eigenvalue weighted by Crippen LogP contribution is -2.03. The number of hydrogen-bond acceptors (Lipinski definition) is 2. The molecule has 2 rings (SSSR count). The Morgan fingerprint density at radius 2 is 1.95 bits per heavy atom.